The minimum absolute atomic E-state index is 0.0484. The molecule has 4 atom stereocenters. The average molecular weight is 664 g/mol. The van der Waals surface area contributed by atoms with E-state index in [0.717, 1.165) is 46.4 Å². The quantitative estimate of drug-likeness (QED) is 0.179. The van der Waals surface area contributed by atoms with Crippen LogP contribution in [0.2, 0.25) is 0 Å². The van der Waals surface area contributed by atoms with Gasteiger partial charge >= 0.3 is 0 Å². The fourth-order valence-corrected chi connectivity index (χ4v) is 10.4. The zero-order chi connectivity index (χ0) is 34.4. The summed E-state index contributed by atoms with van der Waals surface area (Å²) in [6, 6.07) is 35.2. The van der Waals surface area contributed by atoms with Crippen molar-refractivity contribution < 1.29 is 0 Å². The maximum atomic E-state index is 5.47. The maximum Gasteiger partial charge on any atom is 0.162 e. The molecule has 5 heterocycles. The van der Waals surface area contributed by atoms with Crippen molar-refractivity contribution in [2.75, 3.05) is 26.8 Å². The molecule has 1 aromatic heterocycles. The molecule has 0 saturated heterocycles. The van der Waals surface area contributed by atoms with Gasteiger partial charge in [0.2, 0.25) is 0 Å². The second-order valence-electron chi connectivity index (χ2n) is 14.8. The number of hydrazone groups is 1. The van der Waals surface area contributed by atoms with Crippen LogP contribution in [0.4, 0.5) is 28.6 Å². The van der Waals surface area contributed by atoms with Crippen LogP contribution in [0.1, 0.15) is 36.1 Å². The molecule has 1 fully saturated rings. The first-order chi connectivity index (χ1) is 24.9. The van der Waals surface area contributed by atoms with Crippen LogP contribution in [0, 0.1) is 12.3 Å². The average Bonchev–Trinajstić information content (AvgIpc) is 3.63. The molecule has 0 N–H and O–H groups in total. The van der Waals surface area contributed by atoms with E-state index >= 15 is 0 Å². The number of aryl methyl sites for hydroxylation is 1. The molecule has 0 radical (unpaired) electrons. The summed E-state index contributed by atoms with van der Waals surface area (Å²) >= 11 is 0. The van der Waals surface area contributed by atoms with Crippen molar-refractivity contribution in [3.05, 3.63) is 155 Å². The van der Waals surface area contributed by atoms with Gasteiger partial charge in [0.15, 0.2) is 17.5 Å². The number of allylic oxidation sites excluding steroid dienone is 1. The largest absolute Gasteiger partial charge is 0.346 e. The van der Waals surface area contributed by atoms with Gasteiger partial charge in [0, 0.05) is 45.8 Å². The number of amidine groups is 1. The number of fused-ring (bicyclic) bond motifs is 9. The van der Waals surface area contributed by atoms with Crippen molar-refractivity contribution in [2.45, 2.75) is 44.9 Å². The number of likely N-dealkylation sites (N-methyl/N-ethyl adjacent to an activating group) is 1. The van der Waals surface area contributed by atoms with E-state index in [1.807, 2.05) is 12.3 Å². The summed E-state index contributed by atoms with van der Waals surface area (Å²) in [5.74, 6) is 2.65. The summed E-state index contributed by atoms with van der Waals surface area (Å²) in [7, 11) is 2.21. The number of hydrogen-bond acceptors (Lipinski definition) is 7. The third-order valence-electron chi connectivity index (χ3n) is 12.6. The number of nitrogens with zero attached hydrogens (tertiary/aromatic N) is 7. The van der Waals surface area contributed by atoms with Crippen molar-refractivity contribution in [1.82, 2.24) is 9.97 Å². The van der Waals surface area contributed by atoms with Gasteiger partial charge in [-0.15, -0.1) is 0 Å². The lowest BCUT2D eigenvalue weighted by Crippen LogP contribution is -2.52. The Labute approximate surface area is 298 Å². The minimum atomic E-state index is -0.261. The van der Waals surface area contributed by atoms with E-state index < -0.39 is 0 Å². The Morgan fingerprint density at radius 2 is 1.65 bits per heavy atom. The van der Waals surface area contributed by atoms with Gasteiger partial charge in [-0.1, -0.05) is 98.5 Å². The summed E-state index contributed by atoms with van der Waals surface area (Å²) < 4.78 is 0. The Morgan fingerprint density at radius 1 is 0.882 bits per heavy atom. The fourth-order valence-electron chi connectivity index (χ4n) is 10.4. The van der Waals surface area contributed by atoms with Gasteiger partial charge in [0.25, 0.3) is 0 Å². The number of rotatable bonds is 4. The standard InChI is InChI=1S/C44H37N7/c1-6-28(7-2)39-47-51-34-22-21-27-23-32(34)44(24-27)37(43(44,4)42(51)49(39)29-16-9-8-10-17-29)36-31-19-13-14-20-33(31)50-40-35(48(5)41(36)50)25-45-38(46-40)30-18-12-11-15-26(30)3/h6-23,25,41-42H,1,24H2,2-5H3/b28-7+,37-36-. The van der Waals surface area contributed by atoms with Crippen LogP contribution in [0.5, 0.6) is 0 Å². The second-order valence-corrected chi connectivity index (χ2v) is 14.8. The van der Waals surface area contributed by atoms with Gasteiger partial charge in [-0.2, -0.15) is 5.10 Å². The number of benzene rings is 4. The van der Waals surface area contributed by atoms with Crippen molar-refractivity contribution in [3.8, 4) is 11.4 Å². The van der Waals surface area contributed by atoms with Crippen LogP contribution in [0.15, 0.2) is 138 Å². The molecule has 4 aliphatic heterocycles. The highest BCUT2D eigenvalue weighted by Crippen LogP contribution is 2.81. The van der Waals surface area contributed by atoms with Gasteiger partial charge in [-0.05, 0) is 66.8 Å². The summed E-state index contributed by atoms with van der Waals surface area (Å²) in [5, 5.41) is 7.78. The molecular formula is C44H37N7. The van der Waals surface area contributed by atoms with E-state index in [1.165, 1.54) is 44.8 Å². The molecule has 6 aliphatic rings. The van der Waals surface area contributed by atoms with Crippen LogP contribution >= 0.6 is 0 Å². The van der Waals surface area contributed by atoms with Gasteiger partial charge < -0.3 is 9.80 Å². The topological polar surface area (TPSA) is 51.1 Å². The molecule has 2 aliphatic carbocycles. The molecule has 7 nitrogen and oxygen atoms in total. The lowest BCUT2D eigenvalue weighted by Gasteiger charge is -2.42. The predicted molar refractivity (Wildman–Crippen MR) is 206 cm³/mol. The van der Waals surface area contributed by atoms with E-state index in [1.54, 1.807) is 0 Å². The van der Waals surface area contributed by atoms with Gasteiger partial charge in [0.1, 0.15) is 18.0 Å². The zero-order valence-corrected chi connectivity index (χ0v) is 29.2. The van der Waals surface area contributed by atoms with E-state index in [2.05, 4.69) is 157 Å². The molecule has 248 valence electrons. The van der Waals surface area contributed by atoms with E-state index in [0.29, 0.717) is 0 Å². The minimum Gasteiger partial charge on any atom is -0.346 e. The number of aromatic nitrogens is 2. The molecule has 2 bridgehead atoms. The Kier molecular flexibility index (Phi) is 5.45. The zero-order valence-electron chi connectivity index (χ0n) is 29.2. The summed E-state index contributed by atoms with van der Waals surface area (Å²) in [6.07, 6.45) is 6.96. The van der Waals surface area contributed by atoms with E-state index in [-0.39, 0.29) is 23.2 Å². The van der Waals surface area contributed by atoms with Crippen LogP contribution in [0.25, 0.3) is 17.0 Å². The Hall–Kier alpha value is -5.95. The lowest BCUT2D eigenvalue weighted by molar-refractivity contribution is 0.358. The van der Waals surface area contributed by atoms with Gasteiger partial charge in [0.05, 0.1) is 17.6 Å². The van der Waals surface area contributed by atoms with Gasteiger partial charge in [-0.3, -0.25) is 4.90 Å². The van der Waals surface area contributed by atoms with E-state index in [4.69, 9.17) is 15.1 Å². The lowest BCUT2D eigenvalue weighted by atomic mass is 9.82. The third-order valence-corrected chi connectivity index (χ3v) is 12.6. The predicted octanol–water partition coefficient (Wildman–Crippen LogP) is 8.76. The van der Waals surface area contributed by atoms with Crippen LogP contribution < -0.4 is 19.7 Å². The fraction of sp³-hybridized carbons (Fsp3) is 0.205. The number of hydrogen-bond donors (Lipinski definition) is 0. The molecule has 4 aromatic carbocycles. The first kappa shape index (κ1) is 28.8. The Balaban J connectivity index is 1.16. The first-order valence-electron chi connectivity index (χ1n) is 17.9. The highest BCUT2D eigenvalue weighted by atomic mass is 15.6. The molecule has 7 heteroatoms. The highest BCUT2D eigenvalue weighted by molar-refractivity contribution is 6.15. The second kappa shape index (κ2) is 9.63. The monoisotopic (exact) mass is 663 g/mol. The van der Waals surface area contributed by atoms with Crippen molar-refractivity contribution in [2.24, 2.45) is 10.5 Å². The third kappa shape index (κ3) is 3.28. The van der Waals surface area contributed by atoms with Crippen molar-refractivity contribution >= 4 is 40.0 Å². The molecule has 1 saturated carbocycles. The Bertz CT molecular complexity index is 2480. The highest BCUT2D eigenvalue weighted by Gasteiger charge is 2.81. The van der Waals surface area contributed by atoms with Gasteiger partial charge in [-0.25, -0.2) is 15.0 Å². The van der Waals surface area contributed by atoms with Crippen molar-refractivity contribution in [3.63, 3.8) is 0 Å². The molecule has 0 amide bonds. The molecule has 11 rings (SSSR count). The number of anilines is 5. The van der Waals surface area contributed by atoms with Crippen LogP contribution in [0.3, 0.4) is 0 Å². The van der Waals surface area contributed by atoms with Crippen LogP contribution in [-0.2, 0) is 11.8 Å². The number of para-hydroxylation sites is 2. The SMILES string of the molecule is C=C/C(=C\C)C1=NN2c3ccc4cc3C3(C4)/C(=C4/c5ccccc5N5c6nc(-c7ccccc7C)ncc6N(C)C45)C3(C)C2N1c1ccccc1. The molecule has 51 heavy (non-hydrogen) atoms. The molecule has 5 aromatic rings. The normalized spacial score (nSPS) is 27.2. The summed E-state index contributed by atoms with van der Waals surface area (Å²) in [4.78, 5) is 17.6. The molecular weight excluding hydrogens is 627 g/mol. The Morgan fingerprint density at radius 3 is 2.43 bits per heavy atom. The smallest absolute Gasteiger partial charge is 0.162 e. The van der Waals surface area contributed by atoms with E-state index in [9.17, 15) is 0 Å². The first-order valence-corrected chi connectivity index (χ1v) is 17.9. The summed E-state index contributed by atoms with van der Waals surface area (Å²) in [5.41, 5.74) is 14.4. The molecule has 4 unspecified atom stereocenters. The van der Waals surface area contributed by atoms with Crippen LogP contribution in [-0.4, -0.2) is 35.2 Å². The maximum absolute atomic E-state index is 5.47. The molecule has 1 spiro atoms. The summed E-state index contributed by atoms with van der Waals surface area (Å²) in [6.45, 7) is 10.9. The van der Waals surface area contributed by atoms with Crippen molar-refractivity contribution in [1.29, 1.82) is 0 Å².